The molecule has 2 unspecified atom stereocenters. The third kappa shape index (κ3) is 13.3. The van der Waals surface area contributed by atoms with Gasteiger partial charge in [-0.3, -0.25) is 19.2 Å². The van der Waals surface area contributed by atoms with E-state index in [1.54, 1.807) is 52.0 Å². The molecule has 0 fully saturated rings. The van der Waals surface area contributed by atoms with Crippen molar-refractivity contribution in [1.29, 1.82) is 0 Å². The van der Waals surface area contributed by atoms with Gasteiger partial charge in [-0.1, -0.05) is 50.6 Å². The van der Waals surface area contributed by atoms with E-state index in [-0.39, 0.29) is 39.0 Å². The molecule has 41 heavy (non-hydrogen) atoms. The molecular weight excluding hydrogens is 528 g/mol. The van der Waals surface area contributed by atoms with Crippen molar-refractivity contribution >= 4 is 35.9 Å². The van der Waals surface area contributed by atoms with Gasteiger partial charge >= 0.3 is 12.1 Å². The topological polar surface area (TPSA) is 157 Å². The zero-order valence-electron chi connectivity index (χ0n) is 25.0. The molecule has 11 heteroatoms. The first kappa shape index (κ1) is 35.1. The van der Waals surface area contributed by atoms with Gasteiger partial charge in [-0.15, -0.1) is 0 Å². The summed E-state index contributed by atoms with van der Waals surface area (Å²) in [6, 6.07) is 4.76. The lowest BCUT2D eigenvalue weighted by Crippen LogP contribution is -2.53. The fraction of sp³-hybridized carbons (Fsp3) is 0.567. The number of benzene rings is 1. The van der Waals surface area contributed by atoms with Gasteiger partial charge < -0.3 is 30.7 Å². The van der Waals surface area contributed by atoms with Crippen LogP contribution in [0.2, 0.25) is 0 Å². The van der Waals surface area contributed by atoms with E-state index < -0.39 is 47.5 Å². The summed E-state index contributed by atoms with van der Waals surface area (Å²) in [6.07, 6.45) is 2.75. The molecule has 0 aliphatic carbocycles. The number of nitrogens with two attached hydrogens (primary N) is 1. The van der Waals surface area contributed by atoms with Crippen LogP contribution in [0.5, 0.6) is 0 Å². The molecule has 11 nitrogen and oxygen atoms in total. The van der Waals surface area contributed by atoms with Gasteiger partial charge in [0, 0.05) is 19.5 Å². The average Bonchev–Trinajstić information content (AvgIpc) is 2.89. The molecule has 2 atom stereocenters. The number of hydrogen-bond acceptors (Lipinski definition) is 7. The number of nitrogens with one attached hydrogen (secondary N) is 2. The number of unbranched alkanes of at least 4 members (excludes halogenated alkanes) is 2. The van der Waals surface area contributed by atoms with Gasteiger partial charge in [0.1, 0.15) is 17.7 Å². The number of carbonyl (C=O) groups is 5. The summed E-state index contributed by atoms with van der Waals surface area (Å²) in [7, 11) is 0. The lowest BCUT2D eigenvalue weighted by Gasteiger charge is -2.34. The van der Waals surface area contributed by atoms with Crippen LogP contribution in [-0.4, -0.2) is 66.0 Å². The maximum absolute atomic E-state index is 14.1. The quantitative estimate of drug-likeness (QED) is 0.189. The van der Waals surface area contributed by atoms with E-state index in [1.165, 1.54) is 4.90 Å². The molecule has 0 aliphatic rings. The number of amides is 4. The highest BCUT2D eigenvalue weighted by Gasteiger charge is 2.36. The third-order valence-electron chi connectivity index (χ3n) is 5.91. The summed E-state index contributed by atoms with van der Waals surface area (Å²) >= 11 is 0. The summed E-state index contributed by atoms with van der Waals surface area (Å²) in [5.41, 5.74) is 5.80. The minimum atomic E-state index is -1.18. The molecule has 0 saturated heterocycles. The van der Waals surface area contributed by atoms with Crippen LogP contribution >= 0.6 is 0 Å². The number of hydrogen-bond donors (Lipinski definition) is 3. The number of nitrogens with zero attached hydrogens (tertiary/aromatic N) is 1. The number of ether oxygens (including phenoxy) is 2. The van der Waals surface area contributed by atoms with Crippen LogP contribution in [-0.2, 0) is 28.7 Å². The Labute approximate surface area is 243 Å². The predicted molar refractivity (Wildman–Crippen MR) is 156 cm³/mol. The highest BCUT2D eigenvalue weighted by molar-refractivity contribution is 5.92. The second-order valence-electron chi connectivity index (χ2n) is 10.6. The molecule has 0 aliphatic heterocycles. The molecule has 0 aromatic heterocycles. The molecule has 228 valence electrons. The predicted octanol–water partition coefficient (Wildman–Crippen LogP) is 3.62. The number of rotatable bonds is 17. The van der Waals surface area contributed by atoms with E-state index >= 15 is 0 Å². The van der Waals surface area contributed by atoms with Crippen molar-refractivity contribution in [2.24, 2.45) is 5.73 Å². The zero-order chi connectivity index (χ0) is 31.0. The molecule has 1 aromatic carbocycles. The van der Waals surface area contributed by atoms with Gasteiger partial charge in [-0.2, -0.15) is 0 Å². The van der Waals surface area contributed by atoms with Crippen LogP contribution in [0.4, 0.5) is 4.79 Å². The first-order valence-electron chi connectivity index (χ1n) is 14.1. The summed E-state index contributed by atoms with van der Waals surface area (Å²) in [4.78, 5) is 65.3. The molecule has 0 spiro atoms. The van der Waals surface area contributed by atoms with Crippen molar-refractivity contribution in [2.45, 2.75) is 90.8 Å². The lowest BCUT2D eigenvalue weighted by molar-refractivity contribution is -0.144. The summed E-state index contributed by atoms with van der Waals surface area (Å²) in [5.74, 6) is -2.17. The monoisotopic (exact) mass is 574 g/mol. The third-order valence-corrected chi connectivity index (χ3v) is 5.91. The van der Waals surface area contributed by atoms with E-state index in [9.17, 15) is 24.0 Å². The highest BCUT2D eigenvalue weighted by atomic mass is 16.6. The fourth-order valence-corrected chi connectivity index (χ4v) is 4.04. The van der Waals surface area contributed by atoms with E-state index in [1.807, 2.05) is 13.0 Å². The maximum atomic E-state index is 14.1. The first-order valence-corrected chi connectivity index (χ1v) is 14.1. The van der Waals surface area contributed by atoms with Gasteiger partial charge in [-0.25, -0.2) is 4.79 Å². The van der Waals surface area contributed by atoms with Gasteiger partial charge in [0.2, 0.25) is 17.7 Å². The molecule has 4 N–H and O–H groups in total. The Morgan fingerprint density at radius 3 is 2.39 bits per heavy atom. The van der Waals surface area contributed by atoms with E-state index in [0.29, 0.717) is 12.0 Å². The van der Waals surface area contributed by atoms with Gasteiger partial charge in [0.25, 0.3) is 0 Å². The van der Waals surface area contributed by atoms with Crippen LogP contribution in [0.3, 0.4) is 0 Å². The molecule has 0 radical (unpaired) electrons. The minimum Gasteiger partial charge on any atom is -0.466 e. The summed E-state index contributed by atoms with van der Waals surface area (Å²) in [6.45, 7) is 13.0. The smallest absolute Gasteiger partial charge is 0.408 e. The lowest BCUT2D eigenvalue weighted by atomic mass is 9.99. The second kappa shape index (κ2) is 17.7. The van der Waals surface area contributed by atoms with Gasteiger partial charge in [0.15, 0.2) is 0 Å². The van der Waals surface area contributed by atoms with Crippen molar-refractivity contribution < 1.29 is 33.4 Å². The SMILES string of the molecule is C=Cc1cccc(C(C(=O)NCCC(=O)OCC)N(CCCCC)C(=O)C(CCC(N)=O)NC(=O)OC(C)(C)C)c1. The van der Waals surface area contributed by atoms with Crippen molar-refractivity contribution in [2.75, 3.05) is 19.7 Å². The Morgan fingerprint density at radius 1 is 1.10 bits per heavy atom. The second-order valence-corrected chi connectivity index (χ2v) is 10.6. The highest BCUT2D eigenvalue weighted by Crippen LogP contribution is 2.25. The Bertz CT molecular complexity index is 1050. The Kier molecular flexibility index (Phi) is 15.2. The molecule has 4 amide bonds. The molecule has 1 rings (SSSR count). The Morgan fingerprint density at radius 2 is 1.80 bits per heavy atom. The van der Waals surface area contributed by atoms with Gasteiger partial charge in [0.05, 0.1) is 13.0 Å². The van der Waals surface area contributed by atoms with Crippen LogP contribution in [0.1, 0.15) is 90.3 Å². The first-order chi connectivity index (χ1) is 19.3. The van der Waals surface area contributed by atoms with Crippen molar-refractivity contribution in [1.82, 2.24) is 15.5 Å². The fourth-order valence-electron chi connectivity index (χ4n) is 4.04. The average molecular weight is 575 g/mol. The minimum absolute atomic E-state index is 0.00751. The van der Waals surface area contributed by atoms with E-state index in [0.717, 1.165) is 18.4 Å². The van der Waals surface area contributed by atoms with Crippen LogP contribution < -0.4 is 16.4 Å². The van der Waals surface area contributed by atoms with Crippen LogP contribution in [0.15, 0.2) is 30.8 Å². The number of alkyl carbamates (subject to hydrolysis) is 1. The maximum Gasteiger partial charge on any atom is 0.408 e. The van der Waals surface area contributed by atoms with Crippen LogP contribution in [0, 0.1) is 0 Å². The van der Waals surface area contributed by atoms with Gasteiger partial charge in [-0.05, 0) is 57.7 Å². The molecular formula is C30H46N4O7. The number of carbonyl (C=O) groups excluding carboxylic acids is 5. The number of primary amides is 1. The Balaban J connectivity index is 3.50. The summed E-state index contributed by atoms with van der Waals surface area (Å²) in [5, 5.41) is 5.32. The molecule has 0 heterocycles. The van der Waals surface area contributed by atoms with E-state index in [2.05, 4.69) is 17.2 Å². The normalized spacial score (nSPS) is 12.4. The number of esters is 1. The standard InChI is InChI=1S/C30H46N4O7/c1-7-10-11-19-34(28(38)23(15-16-24(31)35)33-29(39)41-30(4,5)6)26(22-14-12-13-21(8-2)20-22)27(37)32-18-17-25(36)40-9-3/h8,12-14,20,23,26H,2,7,9-11,15-19H2,1,3-6H3,(H2,31,35)(H,32,37)(H,33,39). The molecule has 1 aromatic rings. The van der Waals surface area contributed by atoms with Crippen molar-refractivity contribution in [3.8, 4) is 0 Å². The summed E-state index contributed by atoms with van der Waals surface area (Å²) < 4.78 is 10.3. The zero-order valence-corrected chi connectivity index (χ0v) is 25.0. The van der Waals surface area contributed by atoms with Crippen molar-refractivity contribution in [3.05, 3.63) is 42.0 Å². The van der Waals surface area contributed by atoms with E-state index in [4.69, 9.17) is 15.2 Å². The Hall–Kier alpha value is -3.89. The molecule has 0 bridgehead atoms. The molecule has 0 saturated carbocycles. The largest absolute Gasteiger partial charge is 0.466 e. The van der Waals surface area contributed by atoms with Crippen molar-refractivity contribution in [3.63, 3.8) is 0 Å². The van der Waals surface area contributed by atoms with Crippen LogP contribution in [0.25, 0.3) is 6.08 Å².